The number of hydrogen-bond donors (Lipinski definition) is 0. The topological polar surface area (TPSA) is 23.8 Å². The van der Waals surface area contributed by atoms with Crippen molar-refractivity contribution in [1.29, 1.82) is 5.26 Å². The summed E-state index contributed by atoms with van der Waals surface area (Å²) < 4.78 is 0. The first-order valence-corrected chi connectivity index (χ1v) is 6.68. The van der Waals surface area contributed by atoms with E-state index in [1.54, 1.807) is 0 Å². The molecule has 1 aliphatic rings. The molecule has 0 spiro atoms. The lowest BCUT2D eigenvalue weighted by atomic mass is 9.68. The fourth-order valence-electron chi connectivity index (χ4n) is 2.97. The maximum absolute atomic E-state index is 9.52. The Morgan fingerprint density at radius 1 is 1.47 bits per heavy atom. The average molecular weight is 248 g/mol. The Morgan fingerprint density at radius 3 is 2.88 bits per heavy atom. The first-order chi connectivity index (χ1) is 8.15. The van der Waals surface area contributed by atoms with Crippen molar-refractivity contribution in [3.05, 3.63) is 34.9 Å². The van der Waals surface area contributed by atoms with Gasteiger partial charge in [0.1, 0.15) is 0 Å². The van der Waals surface area contributed by atoms with Crippen LogP contribution in [0.5, 0.6) is 0 Å². The van der Waals surface area contributed by atoms with E-state index in [4.69, 9.17) is 11.6 Å². The van der Waals surface area contributed by atoms with Crippen molar-refractivity contribution in [3.63, 3.8) is 0 Å². The Morgan fingerprint density at radius 2 is 2.24 bits per heavy atom. The number of benzene rings is 1. The van der Waals surface area contributed by atoms with E-state index in [0.717, 1.165) is 29.8 Å². The molecule has 90 valence electrons. The van der Waals surface area contributed by atoms with E-state index in [0.29, 0.717) is 5.92 Å². The molecule has 2 rings (SSSR count). The van der Waals surface area contributed by atoms with Gasteiger partial charge >= 0.3 is 0 Å². The second-order valence-electron chi connectivity index (χ2n) is 5.36. The maximum Gasteiger partial charge on any atom is 0.0693 e. The van der Waals surface area contributed by atoms with Gasteiger partial charge in [0.2, 0.25) is 0 Å². The lowest BCUT2D eigenvalue weighted by Gasteiger charge is -2.34. The number of nitrogens with zero attached hydrogens (tertiary/aromatic N) is 1. The van der Waals surface area contributed by atoms with E-state index in [9.17, 15) is 5.26 Å². The van der Waals surface area contributed by atoms with Crippen LogP contribution in [-0.4, -0.2) is 0 Å². The van der Waals surface area contributed by atoms with E-state index < -0.39 is 0 Å². The molecule has 0 heterocycles. The first-order valence-electron chi connectivity index (χ1n) is 6.30. The summed E-state index contributed by atoms with van der Waals surface area (Å²) in [6.07, 6.45) is 5.24. The second-order valence-corrected chi connectivity index (χ2v) is 5.77. The Balaban J connectivity index is 2.20. The van der Waals surface area contributed by atoms with Gasteiger partial charge in [-0.25, -0.2) is 0 Å². The minimum Gasteiger partial charge on any atom is -0.198 e. The second kappa shape index (κ2) is 5.10. The molecule has 17 heavy (non-hydrogen) atoms. The van der Waals surface area contributed by atoms with Crippen molar-refractivity contribution >= 4 is 11.6 Å². The number of rotatable bonds is 2. The smallest absolute Gasteiger partial charge is 0.0693 e. The van der Waals surface area contributed by atoms with Crippen LogP contribution in [0.1, 0.15) is 38.2 Å². The highest BCUT2D eigenvalue weighted by atomic mass is 35.5. The lowest BCUT2D eigenvalue weighted by Crippen LogP contribution is -2.28. The molecule has 0 aliphatic heterocycles. The fraction of sp³-hybridized carbons (Fsp3) is 0.533. The van der Waals surface area contributed by atoms with Gasteiger partial charge in [-0.2, -0.15) is 5.26 Å². The van der Waals surface area contributed by atoms with Crippen molar-refractivity contribution in [1.82, 2.24) is 0 Å². The van der Waals surface area contributed by atoms with Crippen LogP contribution in [0.25, 0.3) is 0 Å². The Hall–Kier alpha value is -1.00. The molecule has 0 N–H and O–H groups in total. The number of hydrogen-bond acceptors (Lipinski definition) is 1. The lowest BCUT2D eigenvalue weighted by molar-refractivity contribution is 0.209. The van der Waals surface area contributed by atoms with Crippen LogP contribution in [0.15, 0.2) is 24.3 Å². The molecule has 2 atom stereocenters. The van der Waals surface area contributed by atoms with Crippen LogP contribution in [0.3, 0.4) is 0 Å². The Bertz CT molecular complexity index is 435. The van der Waals surface area contributed by atoms with Crippen molar-refractivity contribution < 1.29 is 0 Å². The van der Waals surface area contributed by atoms with Crippen LogP contribution < -0.4 is 0 Å². The highest BCUT2D eigenvalue weighted by Gasteiger charge is 2.35. The summed E-state index contributed by atoms with van der Waals surface area (Å²) in [7, 11) is 0. The molecule has 0 saturated heterocycles. The maximum atomic E-state index is 9.52. The molecular formula is C15H18ClN. The molecule has 1 nitrogen and oxygen atoms in total. The third-order valence-electron chi connectivity index (χ3n) is 3.82. The standard InChI is InChI=1S/C15H18ClN/c1-12-5-4-8-15(9-12,11-17)10-13-6-2-3-7-14(13)16/h2-3,6-7,12H,4-5,8-10H2,1H3. The largest absolute Gasteiger partial charge is 0.198 e. The zero-order valence-corrected chi connectivity index (χ0v) is 11.0. The minimum absolute atomic E-state index is 0.192. The SMILES string of the molecule is CC1CCCC(C#N)(Cc2ccccc2Cl)C1. The molecule has 2 heteroatoms. The number of halogens is 1. The summed E-state index contributed by atoms with van der Waals surface area (Å²) in [5.41, 5.74) is 0.924. The van der Waals surface area contributed by atoms with Gasteiger partial charge in [-0.15, -0.1) is 0 Å². The third kappa shape index (κ3) is 2.82. The summed E-state index contributed by atoms with van der Waals surface area (Å²) in [6, 6.07) is 10.5. The Kier molecular flexibility index (Phi) is 3.74. The minimum atomic E-state index is -0.192. The summed E-state index contributed by atoms with van der Waals surface area (Å²) in [4.78, 5) is 0. The van der Waals surface area contributed by atoms with E-state index in [2.05, 4.69) is 13.0 Å². The van der Waals surface area contributed by atoms with Gasteiger partial charge in [-0.05, 0) is 36.8 Å². The zero-order valence-electron chi connectivity index (χ0n) is 10.2. The highest BCUT2D eigenvalue weighted by Crippen LogP contribution is 2.42. The summed E-state index contributed by atoms with van der Waals surface area (Å²) in [6.45, 7) is 2.25. The Labute approximate surface area is 108 Å². The van der Waals surface area contributed by atoms with Crippen LogP contribution in [0, 0.1) is 22.7 Å². The molecule has 1 fully saturated rings. The zero-order chi connectivity index (χ0) is 12.3. The van der Waals surface area contributed by atoms with Gasteiger partial charge in [-0.3, -0.25) is 0 Å². The molecule has 0 radical (unpaired) electrons. The molecule has 1 saturated carbocycles. The van der Waals surface area contributed by atoms with Gasteiger partial charge in [-0.1, -0.05) is 49.6 Å². The predicted molar refractivity (Wildman–Crippen MR) is 70.8 cm³/mol. The summed E-state index contributed by atoms with van der Waals surface area (Å²) in [5.74, 6) is 0.658. The normalized spacial score (nSPS) is 28.6. The summed E-state index contributed by atoms with van der Waals surface area (Å²) in [5, 5.41) is 10.3. The van der Waals surface area contributed by atoms with Gasteiger partial charge in [0.15, 0.2) is 0 Å². The van der Waals surface area contributed by atoms with Crippen molar-refractivity contribution in [2.75, 3.05) is 0 Å². The third-order valence-corrected chi connectivity index (χ3v) is 4.18. The highest BCUT2D eigenvalue weighted by molar-refractivity contribution is 6.31. The molecule has 1 aromatic rings. The predicted octanol–water partition coefficient (Wildman–Crippen LogP) is 4.60. The van der Waals surface area contributed by atoms with Crippen LogP contribution in [-0.2, 0) is 6.42 Å². The van der Waals surface area contributed by atoms with Gasteiger partial charge in [0.25, 0.3) is 0 Å². The van der Waals surface area contributed by atoms with Gasteiger partial charge < -0.3 is 0 Å². The molecule has 2 unspecified atom stereocenters. The van der Waals surface area contributed by atoms with Gasteiger partial charge in [0, 0.05) is 5.02 Å². The molecule has 1 aromatic carbocycles. The van der Waals surface area contributed by atoms with E-state index in [1.165, 1.54) is 12.8 Å². The monoisotopic (exact) mass is 247 g/mol. The van der Waals surface area contributed by atoms with E-state index in [1.807, 2.05) is 24.3 Å². The van der Waals surface area contributed by atoms with E-state index >= 15 is 0 Å². The van der Waals surface area contributed by atoms with Crippen molar-refractivity contribution in [2.45, 2.75) is 39.0 Å². The van der Waals surface area contributed by atoms with Gasteiger partial charge in [0.05, 0.1) is 11.5 Å². The van der Waals surface area contributed by atoms with Crippen LogP contribution in [0.2, 0.25) is 5.02 Å². The molecule has 1 aliphatic carbocycles. The quantitative estimate of drug-likeness (QED) is 0.749. The molecule has 0 bridgehead atoms. The van der Waals surface area contributed by atoms with Crippen molar-refractivity contribution in [2.24, 2.45) is 11.3 Å². The first kappa shape index (κ1) is 12.5. The fourth-order valence-corrected chi connectivity index (χ4v) is 3.17. The average Bonchev–Trinajstić information content (AvgIpc) is 2.32. The number of nitriles is 1. The van der Waals surface area contributed by atoms with Crippen molar-refractivity contribution in [3.8, 4) is 6.07 Å². The molecule has 0 amide bonds. The molecular weight excluding hydrogens is 230 g/mol. The van der Waals surface area contributed by atoms with E-state index in [-0.39, 0.29) is 5.41 Å². The van der Waals surface area contributed by atoms with Crippen LogP contribution >= 0.6 is 11.6 Å². The molecule has 0 aromatic heterocycles. The summed E-state index contributed by atoms with van der Waals surface area (Å²) >= 11 is 6.19. The van der Waals surface area contributed by atoms with Crippen LogP contribution in [0.4, 0.5) is 0 Å².